The molecule has 1 rings (SSSR count). The molecule has 3 N–H and O–H groups in total. The Morgan fingerprint density at radius 1 is 1.90 bits per heavy atom. The minimum atomic E-state index is -0.439. The fraction of sp³-hybridized carbons (Fsp3) is 0.200. The average molecular weight is 141 g/mol. The molecule has 0 aliphatic rings. The van der Waals surface area contributed by atoms with Gasteiger partial charge >= 0.3 is 0 Å². The first-order valence-corrected chi connectivity index (χ1v) is 2.67. The van der Waals surface area contributed by atoms with Crippen molar-refractivity contribution in [1.29, 1.82) is 0 Å². The number of carbonyl (C=O) groups is 1. The van der Waals surface area contributed by atoms with Gasteiger partial charge in [-0.1, -0.05) is 5.16 Å². The minimum absolute atomic E-state index is 0.225. The molecule has 5 heteroatoms. The predicted molar refractivity (Wildman–Crippen MR) is 32.9 cm³/mol. The quantitative estimate of drug-likeness (QED) is 0.316. The molecule has 0 saturated heterocycles. The zero-order chi connectivity index (χ0) is 7.56. The van der Waals surface area contributed by atoms with Crippen LogP contribution in [0.4, 0.5) is 0 Å². The number of carbonyl (C=O) groups excluding carboxylic acids is 1. The maximum Gasteiger partial charge on any atom is 0.287 e. The zero-order valence-corrected chi connectivity index (χ0v) is 5.42. The van der Waals surface area contributed by atoms with Crippen molar-refractivity contribution in [3.63, 3.8) is 0 Å². The summed E-state index contributed by atoms with van der Waals surface area (Å²) in [6.45, 7) is 1.71. The number of nitrogen functional groups attached to an aromatic ring is 1. The summed E-state index contributed by atoms with van der Waals surface area (Å²) < 4.78 is 4.50. The number of hydrogen-bond acceptors (Lipinski definition) is 4. The van der Waals surface area contributed by atoms with Crippen LogP contribution in [0.5, 0.6) is 0 Å². The number of aromatic nitrogens is 1. The first kappa shape index (κ1) is 6.76. The maximum absolute atomic E-state index is 10.7. The summed E-state index contributed by atoms with van der Waals surface area (Å²) in [7, 11) is 0. The van der Waals surface area contributed by atoms with Crippen LogP contribution >= 0.6 is 0 Å². The lowest BCUT2D eigenvalue weighted by Crippen LogP contribution is -2.30. The lowest BCUT2D eigenvalue weighted by Gasteiger charge is -1.91. The summed E-state index contributed by atoms with van der Waals surface area (Å²) in [4.78, 5) is 10.7. The highest BCUT2D eigenvalue weighted by atomic mass is 16.5. The van der Waals surface area contributed by atoms with Gasteiger partial charge in [0.25, 0.3) is 5.91 Å². The topological polar surface area (TPSA) is 81.2 Å². The van der Waals surface area contributed by atoms with Gasteiger partial charge in [-0.3, -0.25) is 10.2 Å². The molecule has 0 aromatic carbocycles. The van der Waals surface area contributed by atoms with Crippen LogP contribution in [0.15, 0.2) is 10.8 Å². The molecular formula is C5H7N3O2. The van der Waals surface area contributed by atoms with Crippen molar-refractivity contribution in [3.05, 3.63) is 17.5 Å². The van der Waals surface area contributed by atoms with Gasteiger partial charge in [0.15, 0.2) is 5.69 Å². The van der Waals surface area contributed by atoms with E-state index in [0.29, 0.717) is 5.56 Å². The van der Waals surface area contributed by atoms with Crippen molar-refractivity contribution in [1.82, 2.24) is 10.6 Å². The molecule has 0 bridgehead atoms. The van der Waals surface area contributed by atoms with Crippen LogP contribution in [-0.2, 0) is 0 Å². The fourth-order valence-electron chi connectivity index (χ4n) is 0.575. The van der Waals surface area contributed by atoms with Crippen LogP contribution in [0.3, 0.4) is 0 Å². The van der Waals surface area contributed by atoms with Crippen molar-refractivity contribution < 1.29 is 9.32 Å². The Labute approximate surface area is 57.1 Å². The summed E-state index contributed by atoms with van der Waals surface area (Å²) >= 11 is 0. The molecule has 0 saturated carbocycles. The number of nitrogens with zero attached hydrogens (tertiary/aromatic N) is 1. The Hall–Kier alpha value is -1.36. The number of nitrogens with two attached hydrogens (primary N) is 1. The number of amides is 1. The third-order valence-electron chi connectivity index (χ3n) is 1.09. The molecular weight excluding hydrogens is 134 g/mol. The molecule has 0 aliphatic heterocycles. The minimum Gasteiger partial charge on any atom is -0.364 e. The van der Waals surface area contributed by atoms with Crippen molar-refractivity contribution >= 4 is 5.91 Å². The number of rotatable bonds is 1. The molecule has 0 fully saturated rings. The van der Waals surface area contributed by atoms with Gasteiger partial charge in [-0.2, -0.15) is 0 Å². The molecule has 54 valence electrons. The molecule has 1 heterocycles. The summed E-state index contributed by atoms with van der Waals surface area (Å²) in [6, 6.07) is 0. The van der Waals surface area contributed by atoms with Gasteiger partial charge in [0, 0.05) is 5.56 Å². The second-order valence-electron chi connectivity index (χ2n) is 1.82. The van der Waals surface area contributed by atoms with Crippen LogP contribution < -0.4 is 11.3 Å². The Morgan fingerprint density at radius 3 is 3.00 bits per heavy atom. The third kappa shape index (κ3) is 0.985. The van der Waals surface area contributed by atoms with Gasteiger partial charge < -0.3 is 4.52 Å². The van der Waals surface area contributed by atoms with E-state index in [1.807, 2.05) is 5.43 Å². The van der Waals surface area contributed by atoms with E-state index in [1.54, 1.807) is 6.92 Å². The van der Waals surface area contributed by atoms with Crippen molar-refractivity contribution in [2.45, 2.75) is 6.92 Å². The molecule has 1 aromatic heterocycles. The molecule has 5 nitrogen and oxygen atoms in total. The highest BCUT2D eigenvalue weighted by Crippen LogP contribution is 2.02. The van der Waals surface area contributed by atoms with Gasteiger partial charge in [0.2, 0.25) is 0 Å². The molecule has 0 spiro atoms. The van der Waals surface area contributed by atoms with Crippen LogP contribution in [0, 0.1) is 6.92 Å². The normalized spacial score (nSPS) is 9.40. The third-order valence-corrected chi connectivity index (χ3v) is 1.09. The maximum atomic E-state index is 10.7. The van der Waals surface area contributed by atoms with Crippen LogP contribution in [0.25, 0.3) is 0 Å². The Bertz CT molecular complexity index is 243. The lowest BCUT2D eigenvalue weighted by molar-refractivity contribution is 0.0944. The van der Waals surface area contributed by atoms with Gasteiger partial charge in [0.05, 0.1) is 0 Å². The van der Waals surface area contributed by atoms with E-state index in [1.165, 1.54) is 6.26 Å². The SMILES string of the molecule is Cc1conc1C(=O)NN. The fourth-order valence-corrected chi connectivity index (χ4v) is 0.575. The van der Waals surface area contributed by atoms with E-state index < -0.39 is 5.91 Å². The van der Waals surface area contributed by atoms with Crippen molar-refractivity contribution in [2.75, 3.05) is 0 Å². The number of nitrogens with one attached hydrogen (secondary N) is 1. The first-order valence-electron chi connectivity index (χ1n) is 2.67. The van der Waals surface area contributed by atoms with Crippen LogP contribution in [-0.4, -0.2) is 11.1 Å². The Kier molecular flexibility index (Phi) is 1.68. The summed E-state index contributed by atoms with van der Waals surface area (Å²) in [6.07, 6.45) is 1.38. The van der Waals surface area contributed by atoms with Gasteiger partial charge in [0.1, 0.15) is 6.26 Å². The largest absolute Gasteiger partial charge is 0.364 e. The van der Waals surface area contributed by atoms with E-state index in [4.69, 9.17) is 5.84 Å². The van der Waals surface area contributed by atoms with Crippen molar-refractivity contribution in [3.8, 4) is 0 Å². The monoisotopic (exact) mass is 141 g/mol. The van der Waals surface area contributed by atoms with E-state index >= 15 is 0 Å². The van der Waals surface area contributed by atoms with Gasteiger partial charge in [-0.05, 0) is 6.92 Å². The van der Waals surface area contributed by atoms with Crippen LogP contribution in [0.2, 0.25) is 0 Å². The number of hydrazine groups is 1. The number of aryl methyl sites for hydroxylation is 1. The summed E-state index contributed by atoms with van der Waals surface area (Å²) in [5, 5.41) is 3.42. The molecule has 1 amide bonds. The molecule has 0 atom stereocenters. The molecule has 10 heavy (non-hydrogen) atoms. The molecule has 1 aromatic rings. The highest BCUT2D eigenvalue weighted by molar-refractivity contribution is 5.92. The lowest BCUT2D eigenvalue weighted by atomic mass is 10.3. The van der Waals surface area contributed by atoms with Gasteiger partial charge in [-0.15, -0.1) is 0 Å². The zero-order valence-electron chi connectivity index (χ0n) is 5.42. The second-order valence-corrected chi connectivity index (χ2v) is 1.82. The van der Waals surface area contributed by atoms with Crippen molar-refractivity contribution in [2.24, 2.45) is 5.84 Å². The summed E-state index contributed by atoms with van der Waals surface area (Å²) in [5.74, 6) is 4.41. The second kappa shape index (κ2) is 2.49. The predicted octanol–water partition coefficient (Wildman–Crippen LogP) is -0.413. The summed E-state index contributed by atoms with van der Waals surface area (Å²) in [5.41, 5.74) is 2.84. The van der Waals surface area contributed by atoms with E-state index in [0.717, 1.165) is 0 Å². The van der Waals surface area contributed by atoms with Gasteiger partial charge in [-0.25, -0.2) is 5.84 Å². The Morgan fingerprint density at radius 2 is 2.60 bits per heavy atom. The average Bonchev–Trinajstić information content (AvgIpc) is 2.34. The smallest absolute Gasteiger partial charge is 0.287 e. The van der Waals surface area contributed by atoms with E-state index in [2.05, 4.69) is 9.68 Å². The van der Waals surface area contributed by atoms with Crippen LogP contribution in [0.1, 0.15) is 16.1 Å². The standard InChI is InChI=1S/C5H7N3O2/c1-3-2-10-8-4(3)5(9)7-6/h2H,6H2,1H3,(H,7,9). The molecule has 0 aliphatic carbocycles. The van der Waals surface area contributed by atoms with E-state index in [-0.39, 0.29) is 5.69 Å². The number of hydrogen-bond donors (Lipinski definition) is 2. The van der Waals surface area contributed by atoms with E-state index in [9.17, 15) is 4.79 Å². The highest BCUT2D eigenvalue weighted by Gasteiger charge is 2.10. The first-order chi connectivity index (χ1) is 4.75. The Balaban J connectivity index is 2.93. The molecule has 0 radical (unpaired) electrons. The molecule has 0 unspecified atom stereocenters.